The number of hydrogen-bond donors (Lipinski definition) is 12. The maximum Gasteiger partial charge on any atom is 0.245 e. The van der Waals surface area contributed by atoms with Gasteiger partial charge in [0, 0.05) is 114 Å². The number of aromatic nitrogens is 1. The Morgan fingerprint density at radius 3 is 1.54 bits per heavy atom. The smallest absolute Gasteiger partial charge is 0.245 e. The van der Waals surface area contributed by atoms with Crippen molar-refractivity contribution >= 4 is 105 Å². The average molecular weight is 1610 g/mol. The third-order valence-corrected chi connectivity index (χ3v) is 19.3. The number of likely N-dealkylation sites (N-methyl/N-ethyl adjacent to an activating group) is 1. The van der Waals surface area contributed by atoms with Crippen LogP contribution >= 0.6 is 11.6 Å². The molecule has 30 heteroatoms. The van der Waals surface area contributed by atoms with Crippen LogP contribution in [0.15, 0.2) is 140 Å². The Labute approximate surface area is 673 Å². The van der Waals surface area contributed by atoms with Crippen LogP contribution in [0.3, 0.4) is 0 Å². The van der Waals surface area contributed by atoms with Gasteiger partial charge in [0.05, 0.1) is 0 Å². The van der Waals surface area contributed by atoms with Crippen molar-refractivity contribution in [3.05, 3.63) is 178 Å². The molecule has 110 heavy (non-hydrogen) atoms. The Hall–Kier alpha value is -9.90. The van der Waals surface area contributed by atoms with Crippen LogP contribution in [0.2, 0.25) is 5.02 Å². The summed E-state index contributed by atoms with van der Waals surface area (Å²) in [4.78, 5) is 178. The first-order valence-electron chi connectivity index (χ1n) is 37.0. The van der Waals surface area contributed by atoms with Crippen molar-refractivity contribution in [2.75, 3.05) is 38.2 Å². The van der Waals surface area contributed by atoms with Crippen LogP contribution in [-0.4, -0.2) is 179 Å². The van der Waals surface area contributed by atoms with E-state index in [1.807, 2.05) is 63.4 Å². The van der Waals surface area contributed by atoms with Gasteiger partial charge < -0.3 is 79.8 Å². The summed E-state index contributed by atoms with van der Waals surface area (Å²) < 4.78 is 0. The number of likely N-dealkylation sites (tertiary alicyclic amines) is 1. The van der Waals surface area contributed by atoms with Crippen molar-refractivity contribution < 1.29 is 90.2 Å². The summed E-state index contributed by atoms with van der Waals surface area (Å²) >= 11 is 6.27. The molecule has 1 fully saturated rings. The Balaban J connectivity index is 0.0000189. The van der Waals surface area contributed by atoms with Crippen molar-refractivity contribution in [2.24, 2.45) is 5.92 Å². The Bertz CT molecular complexity index is 4120. The number of benzene rings is 5. The van der Waals surface area contributed by atoms with Gasteiger partial charge in [0.15, 0.2) is 6.03 Å². The summed E-state index contributed by atoms with van der Waals surface area (Å²) in [5.74, 6) is -7.84. The number of fused-ring (bicyclic) bond motifs is 1. The van der Waals surface area contributed by atoms with Gasteiger partial charge >= 0.3 is 0 Å². The molecular formula is C80H104ClN16O12Y-. The van der Waals surface area contributed by atoms with Crippen LogP contribution in [0.4, 0.5) is 16.2 Å². The number of halogens is 1. The molecule has 0 unspecified atom stereocenters. The van der Waals surface area contributed by atoms with E-state index in [4.69, 9.17) is 23.1 Å². The molecule has 28 nitrogen and oxygen atoms in total. The largest absolute Gasteiger partial charge is 0.447 e. The minimum absolute atomic E-state index is 0. The molecule has 13 amide bonds. The molecule has 587 valence electrons. The molecule has 0 bridgehead atoms. The zero-order valence-electron chi connectivity index (χ0n) is 63.9. The number of rotatable bonds is 39. The van der Waals surface area contributed by atoms with Crippen molar-refractivity contribution in [2.45, 2.75) is 192 Å². The molecule has 1 aromatic heterocycles. The first-order chi connectivity index (χ1) is 52.0. The number of nitrogens with zero attached hydrogens (tertiary/aromatic N) is 3. The van der Waals surface area contributed by atoms with E-state index in [2.05, 4.69) is 82.2 Å². The number of carbonyl (C=O) groups excluding carboxylic acids is 12. The fourth-order valence-electron chi connectivity index (χ4n) is 12.8. The number of urea groups is 1. The van der Waals surface area contributed by atoms with Crippen LogP contribution in [0.5, 0.6) is 0 Å². The minimum Gasteiger partial charge on any atom is -0.447 e. The SMILES string of the molecule is CC[C@H](NC(=O)[C@@H](Cc1cccnc1)NC(=O)[C@@H](Cc1ccc(Cl)cc1)NC(=O)[C@@H](Cc1ccc2ccccc2c1)NC(C)=O)C(=O)N[C@@H](Cc1ccc(N)cc1)C(=O)N[C@H](Cc1ccc(NC([NH-])=O)cc1)C(=O)N[C@@H](CC(C)C)C(=O)N[C@@H](CCCCN(C)C(C)C)C(=O)N1CCC[C@H]1C(=O)N[C@H](C)C(=O)NC.[Y]. The van der Waals surface area contributed by atoms with Gasteiger partial charge in [0.2, 0.25) is 65.0 Å². The fourth-order valence-corrected chi connectivity index (χ4v) is 12.9. The molecule has 10 atom stereocenters. The van der Waals surface area contributed by atoms with Crippen molar-refractivity contribution in [3.63, 3.8) is 0 Å². The molecule has 0 aliphatic carbocycles. The van der Waals surface area contributed by atoms with Crippen molar-refractivity contribution in [1.29, 1.82) is 0 Å². The predicted molar refractivity (Wildman–Crippen MR) is 418 cm³/mol. The Morgan fingerprint density at radius 2 is 1.03 bits per heavy atom. The molecule has 1 saturated heterocycles. The van der Waals surface area contributed by atoms with Gasteiger partial charge in [-0.2, -0.15) is 0 Å². The van der Waals surface area contributed by atoms with Crippen LogP contribution in [0, 0.1) is 5.92 Å². The molecule has 1 radical (unpaired) electrons. The van der Waals surface area contributed by atoms with E-state index >= 15 is 9.59 Å². The molecule has 5 aromatic carbocycles. The molecule has 0 saturated carbocycles. The summed E-state index contributed by atoms with van der Waals surface area (Å²) in [7, 11) is 3.43. The first-order valence-corrected chi connectivity index (χ1v) is 37.3. The average Bonchev–Trinajstić information content (AvgIpc) is 1.34. The molecule has 2 heterocycles. The van der Waals surface area contributed by atoms with Crippen LogP contribution in [-0.2, 0) is 118 Å². The zero-order chi connectivity index (χ0) is 79.4. The van der Waals surface area contributed by atoms with Crippen LogP contribution in [0.1, 0.15) is 121 Å². The number of unbranched alkanes of at least 4 members (excludes halogenated alkanes) is 1. The van der Waals surface area contributed by atoms with Gasteiger partial charge in [-0.3, -0.25) is 62.5 Å². The summed E-state index contributed by atoms with van der Waals surface area (Å²) in [5, 5.41) is 32.5. The van der Waals surface area contributed by atoms with Gasteiger partial charge in [-0.15, -0.1) is 0 Å². The zero-order valence-corrected chi connectivity index (χ0v) is 67.5. The van der Waals surface area contributed by atoms with Crippen molar-refractivity contribution in [3.8, 4) is 0 Å². The molecule has 14 N–H and O–H groups in total. The van der Waals surface area contributed by atoms with E-state index in [9.17, 15) is 47.9 Å². The third-order valence-electron chi connectivity index (χ3n) is 19.0. The molecule has 7 rings (SSSR count). The minimum atomic E-state index is -1.51. The van der Waals surface area contributed by atoms with Gasteiger partial charge in [-0.25, -0.2) is 0 Å². The maximum atomic E-state index is 15.3. The third kappa shape index (κ3) is 28.2. The number of nitrogens with one attached hydrogen (secondary N) is 12. The number of anilines is 2. The standard InChI is InChI=1S/C80H105ClN16O12.Y/c1-10-61(89-74(103)68(45-55-17-15-36-85-46-55)95-77(106)66(41-51-23-30-58(81)31-24-51)93-73(102)64(87-50(7)98)44-54-22-29-56-18-11-12-19-57(56)40-54)71(100)92-65(42-52-25-32-59(82)33-26-52)76(105)94-67(43-53-27-34-60(35-28-53)88-80(83)109)75(104)91-63(39-47(2)3)72(101)90-62(20-13-14-37-96(9)48(4)5)79(108)97-38-16-21-69(97)78(107)86-49(6)70(99)84-8;/h11-12,15,17-19,22-36,40,46-49,61-69H,10,13-14,16,20-21,37-39,41-45,82H2,1-9H3,(H13,83,84,86,87,88,89,90,91,92,93,94,95,98,99,100,101,102,103,104,105,106,107,109);/p-1/t49-,61+,62+,63+,64-,65+,66-,67-,68-,69+;/m1./s1. The molecule has 1 aliphatic heterocycles. The van der Waals surface area contributed by atoms with Gasteiger partial charge in [-0.05, 0) is 160 Å². The van der Waals surface area contributed by atoms with Crippen molar-refractivity contribution in [1.82, 2.24) is 68.0 Å². The van der Waals surface area contributed by atoms with E-state index in [-0.39, 0.29) is 108 Å². The number of carbonyl (C=O) groups is 12. The Kier molecular flexibility index (Phi) is 35.7. The monoisotopic (exact) mass is 1600 g/mol. The van der Waals surface area contributed by atoms with Gasteiger partial charge in [0.25, 0.3) is 0 Å². The predicted octanol–water partition coefficient (Wildman–Crippen LogP) is 5.67. The summed E-state index contributed by atoms with van der Waals surface area (Å²) in [6.07, 6.45) is 4.48. The Morgan fingerprint density at radius 1 is 0.555 bits per heavy atom. The quantitative estimate of drug-likeness (QED) is 0.0163. The second-order valence-corrected chi connectivity index (χ2v) is 28.8. The number of hydrogen-bond acceptors (Lipinski definition) is 15. The number of nitrogens with two attached hydrogens (primary N) is 1. The van der Waals surface area contributed by atoms with Crippen LogP contribution in [0.25, 0.3) is 16.5 Å². The molecule has 6 aromatic rings. The van der Waals surface area contributed by atoms with E-state index < -0.39 is 131 Å². The first kappa shape index (κ1) is 89.0. The summed E-state index contributed by atoms with van der Waals surface area (Å²) in [6, 6.07) is 22.4. The number of pyridine rings is 1. The van der Waals surface area contributed by atoms with E-state index in [0.29, 0.717) is 65.2 Å². The summed E-state index contributed by atoms with van der Waals surface area (Å²) in [5.41, 5.74) is 17.0. The van der Waals surface area contributed by atoms with E-state index in [1.54, 1.807) is 79.7 Å². The second-order valence-electron chi connectivity index (χ2n) is 28.4. The molecule has 1 aliphatic rings. The van der Waals surface area contributed by atoms with E-state index in [1.165, 1.54) is 50.3 Å². The summed E-state index contributed by atoms with van der Waals surface area (Å²) in [6.45, 7) is 13.1. The second kappa shape index (κ2) is 44.1. The van der Waals surface area contributed by atoms with Crippen LogP contribution < -0.4 is 64.2 Å². The topological polar surface area (TPSA) is 406 Å². The molecule has 0 spiro atoms. The van der Waals surface area contributed by atoms with E-state index in [0.717, 1.165) is 16.3 Å². The van der Waals surface area contributed by atoms with Gasteiger partial charge in [-0.1, -0.05) is 129 Å². The normalized spacial score (nSPS) is 15.0. The molecular weight excluding hydrogens is 1500 g/mol. The number of nitrogen functional groups attached to an aromatic ring is 1. The fraction of sp³-hybridized carbons (Fsp3) is 0.438. The van der Waals surface area contributed by atoms with Gasteiger partial charge in [0.1, 0.15) is 60.4 Å². The number of amides is 13. The maximum absolute atomic E-state index is 15.3.